The molecule has 0 unspecified atom stereocenters. The van der Waals surface area contributed by atoms with Crippen molar-refractivity contribution in [2.24, 2.45) is 7.05 Å². The molecule has 0 aliphatic carbocycles. The molecule has 1 aliphatic rings. The van der Waals surface area contributed by atoms with Crippen molar-refractivity contribution in [3.63, 3.8) is 0 Å². The van der Waals surface area contributed by atoms with E-state index < -0.39 is 0 Å². The van der Waals surface area contributed by atoms with Crippen molar-refractivity contribution < 1.29 is 9.53 Å². The second-order valence-corrected chi connectivity index (χ2v) is 7.16. The van der Waals surface area contributed by atoms with Crippen molar-refractivity contribution in [3.8, 4) is 11.8 Å². The predicted octanol–water partition coefficient (Wildman–Crippen LogP) is 3.51. The lowest BCUT2D eigenvalue weighted by Crippen LogP contribution is -2.26. The maximum Gasteiger partial charge on any atom is 0.252 e. The largest absolute Gasteiger partial charge is 0.483 e. The molecule has 4 rings (SSSR count). The maximum absolute atomic E-state index is 12.7. The number of nitrogens with zero attached hydrogens (tertiary/aromatic N) is 3. The molecule has 0 spiro atoms. The van der Waals surface area contributed by atoms with E-state index in [1.165, 1.54) is 5.56 Å². The highest BCUT2D eigenvalue weighted by atomic mass is 16.5. The van der Waals surface area contributed by atoms with Gasteiger partial charge in [0.1, 0.15) is 24.0 Å². The zero-order valence-electron chi connectivity index (χ0n) is 16.2. The Morgan fingerprint density at radius 2 is 2.18 bits per heavy atom. The van der Waals surface area contributed by atoms with Crippen molar-refractivity contribution in [3.05, 3.63) is 58.4 Å². The van der Waals surface area contributed by atoms with Crippen LogP contribution in [0.2, 0.25) is 0 Å². The average Bonchev–Trinajstić information content (AvgIpc) is 3.00. The third-order valence-corrected chi connectivity index (χ3v) is 5.48. The van der Waals surface area contributed by atoms with Crippen LogP contribution in [-0.4, -0.2) is 22.0 Å². The highest BCUT2D eigenvalue weighted by molar-refractivity contribution is 6.01. The summed E-state index contributed by atoms with van der Waals surface area (Å²) in [5.74, 6) is 1.28. The zero-order valence-corrected chi connectivity index (χ0v) is 16.2. The summed E-state index contributed by atoms with van der Waals surface area (Å²) in [5, 5.41) is 11.5. The molecule has 6 nitrogen and oxygen atoms in total. The number of aromatic nitrogens is 2. The van der Waals surface area contributed by atoms with Gasteiger partial charge in [-0.25, -0.2) is 4.98 Å². The van der Waals surface area contributed by atoms with Gasteiger partial charge in [-0.1, -0.05) is 24.3 Å². The van der Waals surface area contributed by atoms with Gasteiger partial charge in [-0.05, 0) is 43.9 Å². The van der Waals surface area contributed by atoms with Crippen molar-refractivity contribution >= 4 is 16.9 Å². The predicted molar refractivity (Wildman–Crippen MR) is 106 cm³/mol. The number of hydrogen-bond acceptors (Lipinski definition) is 4. The molecule has 0 radical (unpaired) electrons. The monoisotopic (exact) mass is 374 g/mol. The van der Waals surface area contributed by atoms with Gasteiger partial charge < -0.3 is 14.6 Å². The van der Waals surface area contributed by atoms with E-state index >= 15 is 0 Å². The van der Waals surface area contributed by atoms with Gasteiger partial charge in [0.05, 0.1) is 11.6 Å². The number of nitrogens with one attached hydrogen (secondary N) is 1. The number of ether oxygens (including phenoxy) is 1. The Kier molecular flexibility index (Phi) is 4.52. The van der Waals surface area contributed by atoms with Gasteiger partial charge >= 0.3 is 0 Å². The van der Waals surface area contributed by atoms with Crippen LogP contribution in [0.1, 0.15) is 45.4 Å². The fraction of sp³-hybridized carbons (Fsp3) is 0.318. The SMILES string of the molecule is Cc1ccccc1[C@@H]1CCc2c(C(=O)NCC#N)cc3c(nc(C)n3C)c2O1. The molecule has 1 aromatic heterocycles. The lowest BCUT2D eigenvalue weighted by atomic mass is 9.91. The topological polar surface area (TPSA) is 79.9 Å². The highest BCUT2D eigenvalue weighted by Gasteiger charge is 2.30. The van der Waals surface area contributed by atoms with E-state index in [-0.39, 0.29) is 18.6 Å². The van der Waals surface area contributed by atoms with Crippen LogP contribution in [0.15, 0.2) is 30.3 Å². The van der Waals surface area contributed by atoms with Crippen LogP contribution in [0.25, 0.3) is 11.0 Å². The van der Waals surface area contributed by atoms with Crippen LogP contribution in [0.5, 0.6) is 5.75 Å². The smallest absolute Gasteiger partial charge is 0.252 e. The molecule has 2 heterocycles. The third-order valence-electron chi connectivity index (χ3n) is 5.48. The summed E-state index contributed by atoms with van der Waals surface area (Å²) in [6, 6.07) is 12.0. The Morgan fingerprint density at radius 3 is 2.93 bits per heavy atom. The number of fused-ring (bicyclic) bond motifs is 3. The Morgan fingerprint density at radius 1 is 1.39 bits per heavy atom. The summed E-state index contributed by atoms with van der Waals surface area (Å²) < 4.78 is 8.41. The van der Waals surface area contributed by atoms with Crippen molar-refractivity contribution in [1.82, 2.24) is 14.9 Å². The van der Waals surface area contributed by atoms with Crippen molar-refractivity contribution in [2.75, 3.05) is 6.54 Å². The summed E-state index contributed by atoms with van der Waals surface area (Å²) in [6.45, 7) is 3.99. The molecule has 1 amide bonds. The first-order valence-corrected chi connectivity index (χ1v) is 9.37. The molecule has 142 valence electrons. The van der Waals surface area contributed by atoms with Crippen LogP contribution in [0.3, 0.4) is 0 Å². The van der Waals surface area contributed by atoms with Crippen LogP contribution < -0.4 is 10.1 Å². The number of nitriles is 1. The summed E-state index contributed by atoms with van der Waals surface area (Å²) in [7, 11) is 1.93. The first kappa shape index (κ1) is 18.1. The zero-order chi connectivity index (χ0) is 19.8. The van der Waals surface area contributed by atoms with E-state index in [9.17, 15) is 4.79 Å². The third kappa shape index (κ3) is 2.89. The van der Waals surface area contributed by atoms with Gasteiger partial charge in [0.25, 0.3) is 5.91 Å². The van der Waals surface area contributed by atoms with Crippen LogP contribution in [-0.2, 0) is 13.5 Å². The molecule has 3 aromatic rings. The lowest BCUT2D eigenvalue weighted by Gasteiger charge is -2.29. The Labute approximate surface area is 163 Å². The molecule has 1 aliphatic heterocycles. The molecule has 6 heteroatoms. The Bertz CT molecular complexity index is 1120. The standard InChI is InChI=1S/C22H22N4O2/c1-13-6-4-5-7-15(13)19-9-8-16-17(22(27)24-11-10-23)12-18-20(21(16)28-19)25-14(2)26(18)3/h4-7,12,19H,8-9,11H2,1-3H3,(H,24,27)/t19-/m0/s1. The fourth-order valence-electron chi connectivity index (χ4n) is 3.89. The molecule has 2 aromatic carbocycles. The molecule has 0 saturated carbocycles. The molecule has 0 saturated heterocycles. The maximum atomic E-state index is 12.7. The quantitative estimate of drug-likeness (QED) is 0.712. The van der Waals surface area contributed by atoms with Crippen LogP contribution in [0, 0.1) is 25.2 Å². The summed E-state index contributed by atoms with van der Waals surface area (Å²) in [6.07, 6.45) is 1.43. The van der Waals surface area contributed by atoms with Crippen LogP contribution >= 0.6 is 0 Å². The number of imidazole rings is 1. The molecular formula is C22H22N4O2. The summed E-state index contributed by atoms with van der Waals surface area (Å²) in [5.41, 5.74) is 5.41. The minimum absolute atomic E-state index is 0.0250. The van der Waals surface area contributed by atoms with Gasteiger partial charge in [0.2, 0.25) is 0 Å². The Balaban J connectivity index is 1.86. The summed E-state index contributed by atoms with van der Waals surface area (Å²) >= 11 is 0. The van der Waals surface area contributed by atoms with E-state index in [0.29, 0.717) is 11.3 Å². The molecular weight excluding hydrogens is 352 g/mol. The minimum atomic E-state index is -0.253. The number of hydrogen-bond donors (Lipinski definition) is 1. The fourth-order valence-corrected chi connectivity index (χ4v) is 3.89. The van der Waals surface area contributed by atoms with Gasteiger partial charge in [-0.2, -0.15) is 5.26 Å². The normalized spacial score (nSPS) is 15.6. The molecule has 1 atom stereocenters. The number of aryl methyl sites for hydroxylation is 3. The molecule has 1 N–H and O–H groups in total. The van der Waals surface area contributed by atoms with Crippen LogP contribution in [0.4, 0.5) is 0 Å². The van der Waals surface area contributed by atoms with Gasteiger partial charge in [-0.3, -0.25) is 4.79 Å². The van der Waals surface area contributed by atoms with E-state index in [1.54, 1.807) is 0 Å². The van der Waals surface area contributed by atoms with Gasteiger partial charge in [0.15, 0.2) is 5.75 Å². The van der Waals surface area contributed by atoms with Crippen molar-refractivity contribution in [1.29, 1.82) is 5.26 Å². The Hall–Kier alpha value is -3.33. The van der Waals surface area contributed by atoms with Gasteiger partial charge in [0, 0.05) is 18.2 Å². The number of carbonyl (C=O) groups excluding carboxylic acids is 1. The van der Waals surface area contributed by atoms with E-state index in [1.807, 2.05) is 42.8 Å². The van der Waals surface area contributed by atoms with Gasteiger partial charge in [-0.15, -0.1) is 0 Å². The second-order valence-electron chi connectivity index (χ2n) is 7.16. The van der Waals surface area contributed by atoms with E-state index in [0.717, 1.165) is 40.8 Å². The first-order valence-electron chi connectivity index (χ1n) is 9.37. The van der Waals surface area contributed by atoms with E-state index in [2.05, 4.69) is 24.4 Å². The number of rotatable bonds is 3. The first-order chi connectivity index (χ1) is 13.5. The average molecular weight is 374 g/mol. The van der Waals surface area contributed by atoms with Crippen molar-refractivity contribution in [2.45, 2.75) is 32.8 Å². The second kappa shape index (κ2) is 7.01. The molecule has 0 fully saturated rings. The number of benzene rings is 2. The number of carbonyl (C=O) groups is 1. The highest BCUT2D eigenvalue weighted by Crippen LogP contribution is 2.42. The molecule has 28 heavy (non-hydrogen) atoms. The lowest BCUT2D eigenvalue weighted by molar-refractivity contribution is 0.0954. The molecule has 0 bridgehead atoms. The number of amides is 1. The minimum Gasteiger partial charge on any atom is -0.483 e. The summed E-state index contributed by atoms with van der Waals surface area (Å²) in [4.78, 5) is 17.4. The van der Waals surface area contributed by atoms with E-state index in [4.69, 9.17) is 15.0 Å².